The SMILES string of the molecule is CCCC=C(NC(=O)C1C(C=C(Cl)Cl)C1(C)C)C(=O)OC. The highest BCUT2D eigenvalue weighted by molar-refractivity contribution is 6.55. The number of unbranched alkanes of at least 4 members (excludes halogenated alkanes) is 1. The number of nitrogens with one attached hydrogen (secondary N) is 1. The van der Waals surface area contributed by atoms with Crippen LogP contribution in [0.4, 0.5) is 0 Å². The molecule has 4 nitrogen and oxygen atoms in total. The Balaban J connectivity index is 2.80. The molecular weight excluding hydrogens is 313 g/mol. The summed E-state index contributed by atoms with van der Waals surface area (Å²) in [5, 5.41) is 2.66. The number of carbonyl (C=O) groups excluding carboxylic acids is 2. The topological polar surface area (TPSA) is 55.4 Å². The Morgan fingerprint density at radius 1 is 1.33 bits per heavy atom. The molecular formula is C15H21Cl2NO3. The normalized spacial score (nSPS) is 23.2. The summed E-state index contributed by atoms with van der Waals surface area (Å²) in [4.78, 5) is 24.0. The Morgan fingerprint density at radius 2 is 1.95 bits per heavy atom. The summed E-state index contributed by atoms with van der Waals surface area (Å²) in [6.07, 6.45) is 4.91. The summed E-state index contributed by atoms with van der Waals surface area (Å²) in [7, 11) is 1.29. The molecule has 2 unspecified atom stereocenters. The second-order valence-electron chi connectivity index (χ2n) is 5.67. The number of carbonyl (C=O) groups is 2. The zero-order valence-electron chi connectivity index (χ0n) is 12.7. The smallest absolute Gasteiger partial charge is 0.354 e. The summed E-state index contributed by atoms with van der Waals surface area (Å²) >= 11 is 11.3. The van der Waals surface area contributed by atoms with Crippen molar-refractivity contribution in [2.24, 2.45) is 17.3 Å². The molecule has 1 fully saturated rings. The van der Waals surface area contributed by atoms with E-state index in [0.29, 0.717) is 6.42 Å². The van der Waals surface area contributed by atoms with Crippen molar-refractivity contribution in [2.75, 3.05) is 7.11 Å². The number of esters is 1. The number of rotatable bonds is 6. The molecule has 1 rings (SSSR count). The van der Waals surface area contributed by atoms with Crippen molar-refractivity contribution in [2.45, 2.75) is 33.6 Å². The molecule has 1 amide bonds. The maximum Gasteiger partial charge on any atom is 0.354 e. The first-order chi connectivity index (χ1) is 9.75. The maximum absolute atomic E-state index is 12.3. The van der Waals surface area contributed by atoms with Crippen molar-refractivity contribution in [3.8, 4) is 0 Å². The van der Waals surface area contributed by atoms with E-state index in [1.807, 2.05) is 20.8 Å². The van der Waals surface area contributed by atoms with Crippen molar-refractivity contribution in [1.82, 2.24) is 5.32 Å². The molecule has 1 N–H and O–H groups in total. The molecule has 0 radical (unpaired) electrons. The van der Waals surface area contributed by atoms with Gasteiger partial charge in [0.1, 0.15) is 10.2 Å². The lowest BCUT2D eigenvalue weighted by Gasteiger charge is -2.09. The third kappa shape index (κ3) is 4.48. The average molecular weight is 334 g/mol. The van der Waals surface area contributed by atoms with E-state index >= 15 is 0 Å². The Bertz CT molecular complexity index is 479. The third-order valence-corrected chi connectivity index (χ3v) is 4.05. The lowest BCUT2D eigenvalue weighted by molar-refractivity contribution is -0.138. The highest BCUT2D eigenvalue weighted by Gasteiger charge is 2.60. The number of allylic oxidation sites excluding steroid dienone is 2. The second kappa shape index (κ2) is 7.32. The molecule has 0 spiro atoms. The van der Waals surface area contributed by atoms with Crippen LogP contribution >= 0.6 is 23.2 Å². The fourth-order valence-electron chi connectivity index (χ4n) is 2.42. The highest BCUT2D eigenvalue weighted by Crippen LogP contribution is 2.59. The quantitative estimate of drug-likeness (QED) is 0.597. The van der Waals surface area contributed by atoms with Crippen LogP contribution in [0.3, 0.4) is 0 Å². The maximum atomic E-state index is 12.3. The Labute approximate surface area is 135 Å². The molecule has 2 atom stereocenters. The lowest BCUT2D eigenvalue weighted by atomic mass is 10.1. The van der Waals surface area contributed by atoms with E-state index in [1.165, 1.54) is 7.11 Å². The predicted molar refractivity (Wildman–Crippen MR) is 83.7 cm³/mol. The van der Waals surface area contributed by atoms with Crippen LogP contribution in [0.2, 0.25) is 0 Å². The molecule has 1 aliphatic carbocycles. The van der Waals surface area contributed by atoms with Gasteiger partial charge in [-0.1, -0.05) is 56.5 Å². The first kappa shape index (κ1) is 18.1. The van der Waals surface area contributed by atoms with Gasteiger partial charge in [-0.05, 0) is 23.8 Å². The average Bonchev–Trinajstić information content (AvgIpc) is 2.93. The molecule has 0 aromatic heterocycles. The van der Waals surface area contributed by atoms with E-state index in [0.717, 1.165) is 6.42 Å². The van der Waals surface area contributed by atoms with E-state index in [1.54, 1.807) is 12.2 Å². The number of halogens is 2. The van der Waals surface area contributed by atoms with Crippen LogP contribution < -0.4 is 5.32 Å². The number of hydrogen-bond donors (Lipinski definition) is 1. The minimum atomic E-state index is -0.544. The zero-order valence-corrected chi connectivity index (χ0v) is 14.2. The van der Waals surface area contributed by atoms with Gasteiger partial charge >= 0.3 is 5.97 Å². The van der Waals surface area contributed by atoms with E-state index < -0.39 is 5.97 Å². The zero-order chi connectivity index (χ0) is 16.2. The summed E-state index contributed by atoms with van der Waals surface area (Å²) in [6, 6.07) is 0. The minimum absolute atomic E-state index is 0.0347. The van der Waals surface area contributed by atoms with Crippen LogP contribution in [0.25, 0.3) is 0 Å². The van der Waals surface area contributed by atoms with Crippen molar-refractivity contribution < 1.29 is 14.3 Å². The van der Waals surface area contributed by atoms with Crippen LogP contribution in [-0.2, 0) is 14.3 Å². The predicted octanol–water partition coefficient (Wildman–Crippen LogP) is 3.55. The minimum Gasteiger partial charge on any atom is -0.464 e. The van der Waals surface area contributed by atoms with Gasteiger partial charge in [0.15, 0.2) is 0 Å². The first-order valence-electron chi connectivity index (χ1n) is 6.87. The summed E-state index contributed by atoms with van der Waals surface area (Å²) in [5.41, 5.74) is -0.0442. The van der Waals surface area contributed by atoms with Crippen molar-refractivity contribution in [1.29, 1.82) is 0 Å². The fraction of sp³-hybridized carbons (Fsp3) is 0.600. The summed E-state index contributed by atoms with van der Waals surface area (Å²) in [6.45, 7) is 5.91. The van der Waals surface area contributed by atoms with Crippen LogP contribution in [-0.4, -0.2) is 19.0 Å². The molecule has 0 aromatic rings. The third-order valence-electron chi connectivity index (χ3n) is 3.80. The van der Waals surface area contributed by atoms with Gasteiger partial charge in [0.25, 0.3) is 0 Å². The molecule has 6 heteroatoms. The number of methoxy groups -OCH3 is 1. The van der Waals surface area contributed by atoms with Gasteiger partial charge in [-0.15, -0.1) is 0 Å². The number of amides is 1. The molecule has 21 heavy (non-hydrogen) atoms. The molecule has 0 saturated heterocycles. The molecule has 0 aliphatic heterocycles. The Morgan fingerprint density at radius 3 is 2.43 bits per heavy atom. The Kier molecular flexibility index (Phi) is 6.29. The largest absolute Gasteiger partial charge is 0.464 e. The van der Waals surface area contributed by atoms with Gasteiger partial charge < -0.3 is 10.1 Å². The molecule has 118 valence electrons. The van der Waals surface area contributed by atoms with Gasteiger partial charge in [0.2, 0.25) is 5.91 Å². The first-order valence-corrected chi connectivity index (χ1v) is 7.63. The Hall–Kier alpha value is -1.00. The second-order valence-corrected chi connectivity index (χ2v) is 6.68. The molecule has 1 saturated carbocycles. The molecule has 0 heterocycles. The van der Waals surface area contributed by atoms with Gasteiger partial charge in [-0.25, -0.2) is 4.79 Å². The van der Waals surface area contributed by atoms with Crippen molar-refractivity contribution in [3.05, 3.63) is 22.3 Å². The lowest BCUT2D eigenvalue weighted by Crippen LogP contribution is -2.30. The number of hydrogen-bond acceptors (Lipinski definition) is 3. The van der Waals surface area contributed by atoms with Crippen molar-refractivity contribution >= 4 is 35.1 Å². The fourth-order valence-corrected chi connectivity index (χ4v) is 2.69. The van der Waals surface area contributed by atoms with Crippen LogP contribution in [0.15, 0.2) is 22.3 Å². The van der Waals surface area contributed by atoms with Crippen LogP contribution in [0.5, 0.6) is 0 Å². The summed E-state index contributed by atoms with van der Waals surface area (Å²) < 4.78 is 4.83. The molecule has 1 aliphatic rings. The van der Waals surface area contributed by atoms with Crippen molar-refractivity contribution in [3.63, 3.8) is 0 Å². The van der Waals surface area contributed by atoms with Gasteiger partial charge in [-0.3, -0.25) is 4.79 Å². The van der Waals surface area contributed by atoms with Crippen LogP contribution in [0, 0.1) is 17.3 Å². The molecule has 0 bridgehead atoms. The standard InChI is InChI=1S/C15H21Cl2NO3/c1-5-6-7-10(14(20)21-4)18-13(19)12-9(8-11(16)17)15(12,2)3/h7-9,12H,5-6H2,1-4H3,(H,18,19). The number of ether oxygens (including phenoxy) is 1. The van der Waals surface area contributed by atoms with Gasteiger partial charge in [0.05, 0.1) is 13.0 Å². The highest BCUT2D eigenvalue weighted by atomic mass is 35.5. The molecule has 0 aromatic carbocycles. The van der Waals surface area contributed by atoms with Gasteiger partial charge in [-0.2, -0.15) is 0 Å². The van der Waals surface area contributed by atoms with E-state index in [-0.39, 0.29) is 33.3 Å². The van der Waals surface area contributed by atoms with Gasteiger partial charge in [0, 0.05) is 0 Å². The van der Waals surface area contributed by atoms with E-state index in [2.05, 4.69) is 10.1 Å². The van der Waals surface area contributed by atoms with E-state index in [4.69, 9.17) is 23.2 Å². The monoisotopic (exact) mass is 333 g/mol. The summed E-state index contributed by atoms with van der Waals surface area (Å²) in [5.74, 6) is -1.06. The van der Waals surface area contributed by atoms with Crippen LogP contribution in [0.1, 0.15) is 33.6 Å². The van der Waals surface area contributed by atoms with E-state index in [9.17, 15) is 9.59 Å².